The van der Waals surface area contributed by atoms with Crippen LogP contribution in [0.15, 0.2) is 5.11 Å². The van der Waals surface area contributed by atoms with E-state index in [4.69, 9.17) is 19.7 Å². The molecule has 6 heteroatoms. The molecule has 0 aromatic rings. The minimum absolute atomic E-state index is 0.105. The molecule has 0 spiro atoms. The number of hydrogen-bond donors (Lipinski definition) is 0. The van der Waals surface area contributed by atoms with Crippen LogP contribution in [-0.2, 0) is 14.2 Å². The first-order valence-electron chi connectivity index (χ1n) is 5.12. The third-order valence-electron chi connectivity index (χ3n) is 2.70. The predicted molar refractivity (Wildman–Crippen MR) is 51.9 cm³/mol. The Morgan fingerprint density at radius 1 is 1.40 bits per heavy atom. The minimum atomic E-state index is -0.655. The van der Waals surface area contributed by atoms with Crippen LogP contribution >= 0.6 is 0 Å². The normalized spacial score (nSPS) is 42.3. The zero-order valence-electron chi connectivity index (χ0n) is 9.08. The summed E-state index contributed by atoms with van der Waals surface area (Å²) in [6.45, 7) is 5.63. The van der Waals surface area contributed by atoms with Crippen molar-refractivity contribution >= 4 is 0 Å². The van der Waals surface area contributed by atoms with Crippen LogP contribution in [0.25, 0.3) is 10.4 Å². The average Bonchev–Trinajstić information content (AvgIpc) is 2.60. The summed E-state index contributed by atoms with van der Waals surface area (Å²) in [6, 6.07) is -0.285. The van der Waals surface area contributed by atoms with Gasteiger partial charge in [-0.1, -0.05) is 12.0 Å². The topological polar surface area (TPSA) is 76.5 Å². The van der Waals surface area contributed by atoms with E-state index in [1.54, 1.807) is 0 Å². The Labute approximate surface area is 88.1 Å². The lowest BCUT2D eigenvalue weighted by atomic mass is 10.1. The number of nitrogens with zero attached hydrogens (tertiary/aromatic N) is 3. The summed E-state index contributed by atoms with van der Waals surface area (Å²) in [5, 5.41) is 3.73. The van der Waals surface area contributed by atoms with Gasteiger partial charge >= 0.3 is 0 Å². The van der Waals surface area contributed by atoms with Crippen LogP contribution in [0.3, 0.4) is 0 Å². The number of rotatable bonds is 2. The first-order valence-corrected chi connectivity index (χ1v) is 5.12. The summed E-state index contributed by atoms with van der Waals surface area (Å²) < 4.78 is 16.8. The first kappa shape index (κ1) is 10.7. The Bertz CT molecular complexity index is 301. The van der Waals surface area contributed by atoms with Crippen molar-refractivity contribution in [2.45, 2.75) is 57.5 Å². The van der Waals surface area contributed by atoms with Gasteiger partial charge in [-0.05, 0) is 25.8 Å². The lowest BCUT2D eigenvalue weighted by Gasteiger charge is -2.22. The molecule has 6 nitrogen and oxygen atoms in total. The van der Waals surface area contributed by atoms with Crippen molar-refractivity contribution in [1.82, 2.24) is 0 Å². The Balaban J connectivity index is 2.17. The van der Waals surface area contributed by atoms with Crippen molar-refractivity contribution in [1.29, 1.82) is 0 Å². The molecule has 0 saturated carbocycles. The molecule has 15 heavy (non-hydrogen) atoms. The maximum absolute atomic E-state index is 8.50. The van der Waals surface area contributed by atoms with E-state index in [2.05, 4.69) is 10.0 Å². The van der Waals surface area contributed by atoms with Crippen molar-refractivity contribution in [3.63, 3.8) is 0 Å². The largest absolute Gasteiger partial charge is 0.346 e. The summed E-state index contributed by atoms with van der Waals surface area (Å²) in [4.78, 5) is 2.83. The van der Waals surface area contributed by atoms with Gasteiger partial charge in [0.25, 0.3) is 0 Å². The van der Waals surface area contributed by atoms with Gasteiger partial charge in [-0.25, -0.2) is 0 Å². The summed E-state index contributed by atoms with van der Waals surface area (Å²) >= 11 is 0. The molecule has 0 radical (unpaired) electrons. The molecule has 2 heterocycles. The molecule has 2 aliphatic rings. The molecule has 0 aliphatic carbocycles. The Hall–Kier alpha value is -0.810. The van der Waals surface area contributed by atoms with Crippen LogP contribution < -0.4 is 0 Å². The molecule has 2 saturated heterocycles. The molecule has 0 unspecified atom stereocenters. The molecule has 0 bridgehead atoms. The first-order chi connectivity index (χ1) is 7.07. The standard InChI is InChI=1S/C9H15N3O3/c1-4-5-6(11-12-10)7-8(13-5)15-9(2,3)14-7/h5-8H,4H2,1-3H3/t5-,6-,7-,8-/m1/s1. The van der Waals surface area contributed by atoms with Crippen LogP contribution in [-0.4, -0.2) is 30.3 Å². The van der Waals surface area contributed by atoms with Gasteiger partial charge < -0.3 is 14.2 Å². The minimum Gasteiger partial charge on any atom is -0.346 e. The molecule has 0 aromatic heterocycles. The van der Waals surface area contributed by atoms with Gasteiger partial charge in [-0.15, -0.1) is 0 Å². The Morgan fingerprint density at radius 2 is 2.13 bits per heavy atom. The second kappa shape index (κ2) is 3.64. The van der Waals surface area contributed by atoms with E-state index in [1.165, 1.54) is 0 Å². The van der Waals surface area contributed by atoms with Crippen molar-refractivity contribution in [2.24, 2.45) is 5.11 Å². The van der Waals surface area contributed by atoms with Crippen LogP contribution in [0.4, 0.5) is 0 Å². The van der Waals surface area contributed by atoms with E-state index in [0.717, 1.165) is 6.42 Å². The number of fused-ring (bicyclic) bond motifs is 1. The van der Waals surface area contributed by atoms with Gasteiger partial charge in [0, 0.05) is 4.91 Å². The number of hydrogen-bond acceptors (Lipinski definition) is 4. The Morgan fingerprint density at radius 3 is 2.73 bits per heavy atom. The summed E-state index contributed by atoms with van der Waals surface area (Å²) in [5.74, 6) is -0.655. The van der Waals surface area contributed by atoms with E-state index in [-0.39, 0.29) is 18.2 Å². The highest BCUT2D eigenvalue weighted by Gasteiger charge is 2.53. The van der Waals surface area contributed by atoms with E-state index in [0.29, 0.717) is 0 Å². The molecule has 2 rings (SSSR count). The van der Waals surface area contributed by atoms with Gasteiger partial charge in [0.05, 0.1) is 12.1 Å². The molecule has 2 aliphatic heterocycles. The number of azide groups is 1. The summed E-state index contributed by atoms with van der Waals surface area (Å²) in [5.41, 5.74) is 8.50. The van der Waals surface area contributed by atoms with Crippen LogP contribution in [0.2, 0.25) is 0 Å². The highest BCUT2D eigenvalue weighted by Crippen LogP contribution is 2.39. The van der Waals surface area contributed by atoms with E-state index in [1.807, 2.05) is 20.8 Å². The second-order valence-electron chi connectivity index (χ2n) is 4.25. The van der Waals surface area contributed by atoms with Crippen molar-refractivity contribution in [3.8, 4) is 0 Å². The fourth-order valence-electron chi connectivity index (χ4n) is 2.10. The highest BCUT2D eigenvalue weighted by molar-refractivity contribution is 4.97. The third kappa shape index (κ3) is 1.81. The molecular weight excluding hydrogens is 198 g/mol. The SMILES string of the molecule is CC[C@H]1O[C@@H]2OC(C)(C)O[C@@H]2[C@@H]1N=[N+]=[N-]. The van der Waals surface area contributed by atoms with E-state index in [9.17, 15) is 0 Å². The maximum Gasteiger partial charge on any atom is 0.187 e. The van der Waals surface area contributed by atoms with Crippen LogP contribution in [0.5, 0.6) is 0 Å². The van der Waals surface area contributed by atoms with Gasteiger partial charge in [-0.3, -0.25) is 0 Å². The fraction of sp³-hybridized carbons (Fsp3) is 1.00. The van der Waals surface area contributed by atoms with E-state index < -0.39 is 12.1 Å². The zero-order chi connectivity index (χ0) is 11.1. The quantitative estimate of drug-likeness (QED) is 0.399. The molecule has 2 fully saturated rings. The molecular formula is C9H15N3O3. The predicted octanol–water partition coefficient (Wildman–Crippen LogP) is 1.95. The molecule has 0 N–H and O–H groups in total. The van der Waals surface area contributed by atoms with E-state index >= 15 is 0 Å². The van der Waals surface area contributed by atoms with Gasteiger partial charge in [0.1, 0.15) is 6.10 Å². The average molecular weight is 213 g/mol. The zero-order valence-corrected chi connectivity index (χ0v) is 9.08. The number of ether oxygens (including phenoxy) is 3. The lowest BCUT2D eigenvalue weighted by molar-refractivity contribution is -0.206. The fourth-order valence-corrected chi connectivity index (χ4v) is 2.10. The van der Waals surface area contributed by atoms with Crippen LogP contribution in [0.1, 0.15) is 27.2 Å². The van der Waals surface area contributed by atoms with Crippen molar-refractivity contribution in [2.75, 3.05) is 0 Å². The third-order valence-corrected chi connectivity index (χ3v) is 2.70. The molecule has 0 aromatic carbocycles. The highest BCUT2D eigenvalue weighted by atomic mass is 16.8. The monoisotopic (exact) mass is 213 g/mol. The molecule has 84 valence electrons. The van der Waals surface area contributed by atoms with Crippen molar-refractivity contribution in [3.05, 3.63) is 10.4 Å². The van der Waals surface area contributed by atoms with Gasteiger partial charge in [-0.2, -0.15) is 0 Å². The molecule has 0 amide bonds. The maximum atomic E-state index is 8.50. The summed E-state index contributed by atoms with van der Waals surface area (Å²) in [7, 11) is 0. The lowest BCUT2D eigenvalue weighted by Crippen LogP contribution is -2.32. The van der Waals surface area contributed by atoms with Gasteiger partial charge in [0.15, 0.2) is 12.1 Å². The van der Waals surface area contributed by atoms with Crippen molar-refractivity contribution < 1.29 is 14.2 Å². The summed E-state index contributed by atoms with van der Waals surface area (Å²) in [6.07, 6.45) is -0.00240. The van der Waals surface area contributed by atoms with Crippen LogP contribution in [0, 0.1) is 0 Å². The molecule has 4 atom stereocenters. The second-order valence-corrected chi connectivity index (χ2v) is 4.25. The van der Waals surface area contributed by atoms with Gasteiger partial charge in [0.2, 0.25) is 0 Å². The smallest absolute Gasteiger partial charge is 0.187 e. The Kier molecular flexibility index (Phi) is 2.60.